The number of hydrogen-bond acceptors (Lipinski definition) is 5. The number of methoxy groups -OCH3 is 2. The highest BCUT2D eigenvalue weighted by Gasteiger charge is 2.32. The first-order valence-electron chi connectivity index (χ1n) is 11.8. The molecule has 1 unspecified atom stereocenters. The van der Waals surface area contributed by atoms with Gasteiger partial charge in [0.05, 0.1) is 7.11 Å². The second-order valence-corrected chi connectivity index (χ2v) is 8.51. The molecular weight excluding hydrogens is 480 g/mol. The van der Waals surface area contributed by atoms with E-state index in [2.05, 4.69) is 11.9 Å². The Balaban J connectivity index is 1.82. The molecule has 0 aliphatic carbocycles. The van der Waals surface area contributed by atoms with Crippen LogP contribution in [0.5, 0.6) is 5.75 Å². The van der Waals surface area contributed by atoms with Gasteiger partial charge in [-0.25, -0.2) is 5.48 Å². The molecule has 2 amide bonds. The molecule has 0 radical (unpaired) electrons. The van der Waals surface area contributed by atoms with Crippen LogP contribution in [0, 0.1) is 0 Å². The summed E-state index contributed by atoms with van der Waals surface area (Å²) < 4.78 is 11.2. The van der Waals surface area contributed by atoms with Crippen molar-refractivity contribution < 1.29 is 24.3 Å². The van der Waals surface area contributed by atoms with Crippen LogP contribution in [0.1, 0.15) is 31.8 Å². The lowest BCUT2D eigenvalue weighted by Crippen LogP contribution is -2.27. The standard InChI is InChI=1S/C31H28N2O5/c1-4-31(38-3,25-8-6-5-7-9-25)26-18-24(21-10-12-23(13-11-21)30(35)33-36)19-27(20-26)32-29(34)22-14-16-28(37-2)17-15-22/h4-20,36H,1H2,2-3H3,(H,32,34)(H,33,35). The predicted octanol–water partition coefficient (Wildman–Crippen LogP) is 5.81. The number of amides is 2. The number of hydrogen-bond donors (Lipinski definition) is 3. The molecule has 0 bridgehead atoms. The van der Waals surface area contributed by atoms with Crippen molar-refractivity contribution >= 4 is 17.5 Å². The van der Waals surface area contributed by atoms with E-state index < -0.39 is 11.5 Å². The van der Waals surface area contributed by atoms with E-state index in [1.807, 2.05) is 48.5 Å². The van der Waals surface area contributed by atoms with E-state index in [0.717, 1.165) is 22.3 Å². The molecule has 0 aliphatic rings. The average Bonchev–Trinajstić information content (AvgIpc) is 2.98. The van der Waals surface area contributed by atoms with Crippen molar-refractivity contribution in [3.8, 4) is 16.9 Å². The first kappa shape index (κ1) is 26.3. The van der Waals surface area contributed by atoms with E-state index in [9.17, 15) is 9.59 Å². The number of anilines is 1. The molecule has 0 spiro atoms. The number of rotatable bonds is 9. The maximum atomic E-state index is 13.1. The smallest absolute Gasteiger partial charge is 0.274 e. The summed E-state index contributed by atoms with van der Waals surface area (Å²) in [5.41, 5.74) is 5.17. The second kappa shape index (κ2) is 11.6. The van der Waals surface area contributed by atoms with Crippen molar-refractivity contribution in [1.29, 1.82) is 0 Å². The van der Waals surface area contributed by atoms with Gasteiger partial charge in [-0.2, -0.15) is 0 Å². The fourth-order valence-corrected chi connectivity index (χ4v) is 4.31. The zero-order valence-electron chi connectivity index (χ0n) is 21.1. The van der Waals surface area contributed by atoms with Crippen LogP contribution in [-0.2, 0) is 10.3 Å². The van der Waals surface area contributed by atoms with Gasteiger partial charge in [0, 0.05) is 23.9 Å². The van der Waals surface area contributed by atoms with Crippen LogP contribution < -0.4 is 15.5 Å². The minimum atomic E-state index is -0.992. The Morgan fingerprint density at radius 3 is 2.00 bits per heavy atom. The van der Waals surface area contributed by atoms with E-state index in [4.69, 9.17) is 14.7 Å². The Hall–Kier alpha value is -4.72. The summed E-state index contributed by atoms with van der Waals surface area (Å²) in [6, 6.07) is 28.9. The number of carbonyl (C=O) groups is 2. The van der Waals surface area contributed by atoms with Crippen molar-refractivity contribution in [2.45, 2.75) is 5.60 Å². The van der Waals surface area contributed by atoms with Crippen LogP contribution in [0.3, 0.4) is 0 Å². The zero-order chi connectivity index (χ0) is 27.1. The highest BCUT2D eigenvalue weighted by Crippen LogP contribution is 2.38. The second-order valence-electron chi connectivity index (χ2n) is 8.51. The molecule has 0 saturated carbocycles. The van der Waals surface area contributed by atoms with Crippen LogP contribution in [0.2, 0.25) is 0 Å². The zero-order valence-corrected chi connectivity index (χ0v) is 21.1. The number of hydroxylamine groups is 1. The maximum Gasteiger partial charge on any atom is 0.274 e. The van der Waals surface area contributed by atoms with Crippen molar-refractivity contribution in [3.05, 3.63) is 132 Å². The molecule has 7 nitrogen and oxygen atoms in total. The third kappa shape index (κ3) is 5.34. The Kier molecular flexibility index (Phi) is 8.01. The van der Waals surface area contributed by atoms with Gasteiger partial charge in [0.2, 0.25) is 0 Å². The van der Waals surface area contributed by atoms with E-state index in [1.165, 1.54) is 0 Å². The topological polar surface area (TPSA) is 96.9 Å². The number of carbonyl (C=O) groups excluding carboxylic acids is 2. The summed E-state index contributed by atoms with van der Waals surface area (Å²) >= 11 is 0. The number of nitrogens with one attached hydrogen (secondary N) is 2. The largest absolute Gasteiger partial charge is 0.497 e. The van der Waals surface area contributed by atoms with Gasteiger partial charge in [-0.05, 0) is 76.9 Å². The van der Waals surface area contributed by atoms with Gasteiger partial charge in [0.25, 0.3) is 11.8 Å². The molecule has 0 saturated heterocycles. The molecule has 192 valence electrons. The number of benzene rings is 4. The van der Waals surface area contributed by atoms with Gasteiger partial charge in [-0.1, -0.05) is 55.1 Å². The van der Waals surface area contributed by atoms with Crippen LogP contribution in [0.4, 0.5) is 5.69 Å². The summed E-state index contributed by atoms with van der Waals surface area (Å²) in [5.74, 6) is -0.234. The molecule has 7 heteroatoms. The summed E-state index contributed by atoms with van der Waals surface area (Å²) in [7, 11) is 3.18. The summed E-state index contributed by atoms with van der Waals surface area (Å²) in [4.78, 5) is 24.9. The van der Waals surface area contributed by atoms with Crippen LogP contribution in [-0.4, -0.2) is 31.2 Å². The molecule has 4 aromatic rings. The van der Waals surface area contributed by atoms with Crippen LogP contribution in [0.25, 0.3) is 11.1 Å². The van der Waals surface area contributed by atoms with Crippen LogP contribution in [0.15, 0.2) is 110 Å². The summed E-state index contributed by atoms with van der Waals surface area (Å²) in [5, 5.41) is 11.9. The quantitative estimate of drug-likeness (QED) is 0.151. The Morgan fingerprint density at radius 2 is 1.42 bits per heavy atom. The van der Waals surface area contributed by atoms with Gasteiger partial charge in [0.15, 0.2) is 0 Å². The highest BCUT2D eigenvalue weighted by molar-refractivity contribution is 6.04. The lowest BCUT2D eigenvalue weighted by atomic mass is 9.84. The lowest BCUT2D eigenvalue weighted by molar-refractivity contribution is 0.0659. The van der Waals surface area contributed by atoms with Crippen molar-refractivity contribution in [3.63, 3.8) is 0 Å². The van der Waals surface area contributed by atoms with Gasteiger partial charge >= 0.3 is 0 Å². The molecule has 1 atom stereocenters. The maximum absolute atomic E-state index is 13.1. The number of ether oxygens (including phenoxy) is 2. The van der Waals surface area contributed by atoms with Gasteiger partial charge in [-0.15, -0.1) is 0 Å². The Morgan fingerprint density at radius 1 is 0.789 bits per heavy atom. The molecule has 38 heavy (non-hydrogen) atoms. The Bertz CT molecular complexity index is 1430. The average molecular weight is 509 g/mol. The van der Waals surface area contributed by atoms with E-state index in [-0.39, 0.29) is 5.91 Å². The highest BCUT2D eigenvalue weighted by atomic mass is 16.5. The minimum Gasteiger partial charge on any atom is -0.497 e. The van der Waals surface area contributed by atoms with Gasteiger partial charge in [0.1, 0.15) is 11.4 Å². The molecule has 0 heterocycles. The first-order chi connectivity index (χ1) is 18.4. The third-order valence-electron chi connectivity index (χ3n) is 6.37. The third-order valence-corrected chi connectivity index (χ3v) is 6.37. The fourth-order valence-electron chi connectivity index (χ4n) is 4.31. The monoisotopic (exact) mass is 508 g/mol. The molecule has 0 aromatic heterocycles. The normalized spacial score (nSPS) is 12.2. The van der Waals surface area contributed by atoms with E-state index in [0.29, 0.717) is 22.6 Å². The first-order valence-corrected chi connectivity index (χ1v) is 11.8. The Labute approximate surface area is 221 Å². The van der Waals surface area contributed by atoms with Crippen LogP contribution >= 0.6 is 0 Å². The van der Waals surface area contributed by atoms with Crippen molar-refractivity contribution in [1.82, 2.24) is 5.48 Å². The predicted molar refractivity (Wildman–Crippen MR) is 147 cm³/mol. The SMILES string of the molecule is C=CC(OC)(c1ccccc1)c1cc(NC(=O)c2ccc(OC)cc2)cc(-c2ccc(C(=O)NO)cc2)c1. The summed E-state index contributed by atoms with van der Waals surface area (Å²) in [6.45, 7) is 4.06. The van der Waals surface area contributed by atoms with Crippen molar-refractivity contribution in [2.24, 2.45) is 0 Å². The molecule has 0 fully saturated rings. The molecule has 4 rings (SSSR count). The molecule has 0 aliphatic heterocycles. The van der Waals surface area contributed by atoms with Gasteiger partial charge < -0.3 is 14.8 Å². The summed E-state index contributed by atoms with van der Waals surface area (Å²) in [6.07, 6.45) is 1.73. The molecule has 3 N–H and O–H groups in total. The van der Waals surface area contributed by atoms with E-state index >= 15 is 0 Å². The lowest BCUT2D eigenvalue weighted by Gasteiger charge is -2.31. The fraction of sp³-hybridized carbons (Fsp3) is 0.0968. The molecule has 4 aromatic carbocycles. The molecular formula is C31H28N2O5. The minimum absolute atomic E-state index is 0.285. The van der Waals surface area contributed by atoms with Gasteiger partial charge in [-0.3, -0.25) is 14.8 Å². The van der Waals surface area contributed by atoms with Crippen molar-refractivity contribution in [2.75, 3.05) is 19.5 Å². The van der Waals surface area contributed by atoms with E-state index in [1.54, 1.807) is 74.3 Å².